The molecule has 0 spiro atoms. The molecular formula is C6H7NO3. The maximum atomic E-state index is 10.1. The van der Waals surface area contributed by atoms with Gasteiger partial charge in [-0.05, 0) is 5.57 Å². The molecule has 4 heteroatoms. The standard InChI is InChI=1S/C6H7NO3/c1-5-2-6(7(8)9)4-10-3-5/h4H,1-3H2. The van der Waals surface area contributed by atoms with Gasteiger partial charge in [0.15, 0.2) is 6.26 Å². The van der Waals surface area contributed by atoms with Crippen molar-refractivity contribution in [1.29, 1.82) is 0 Å². The smallest absolute Gasteiger partial charge is 0.284 e. The topological polar surface area (TPSA) is 52.4 Å². The Kier molecular flexibility index (Phi) is 1.71. The summed E-state index contributed by atoms with van der Waals surface area (Å²) in [6.45, 7) is 3.98. The molecule has 0 unspecified atom stereocenters. The summed E-state index contributed by atoms with van der Waals surface area (Å²) in [7, 11) is 0. The second-order valence-electron chi connectivity index (χ2n) is 2.10. The minimum Gasteiger partial charge on any atom is -0.490 e. The second-order valence-corrected chi connectivity index (χ2v) is 2.10. The van der Waals surface area contributed by atoms with Crippen molar-refractivity contribution in [2.75, 3.05) is 6.61 Å². The van der Waals surface area contributed by atoms with Crippen LogP contribution in [0.5, 0.6) is 0 Å². The van der Waals surface area contributed by atoms with Crippen LogP contribution in [0.1, 0.15) is 6.42 Å². The quantitative estimate of drug-likeness (QED) is 0.312. The zero-order valence-electron chi connectivity index (χ0n) is 5.37. The molecule has 1 heterocycles. The Morgan fingerprint density at radius 3 is 2.90 bits per heavy atom. The number of nitro groups is 1. The molecule has 0 fully saturated rings. The molecule has 0 atom stereocenters. The third kappa shape index (κ3) is 1.34. The van der Waals surface area contributed by atoms with Gasteiger partial charge in [-0.3, -0.25) is 10.1 Å². The van der Waals surface area contributed by atoms with Crippen molar-refractivity contribution >= 4 is 0 Å². The number of ether oxygens (including phenoxy) is 1. The van der Waals surface area contributed by atoms with Gasteiger partial charge in [0.05, 0.1) is 11.3 Å². The molecule has 0 aromatic carbocycles. The first-order valence-electron chi connectivity index (χ1n) is 2.82. The molecule has 0 radical (unpaired) electrons. The summed E-state index contributed by atoms with van der Waals surface area (Å²) in [5.74, 6) is 0. The van der Waals surface area contributed by atoms with Gasteiger partial charge in [0.2, 0.25) is 0 Å². The Hall–Kier alpha value is -1.32. The summed E-state index contributed by atoms with van der Waals surface area (Å²) in [5, 5.41) is 10.1. The summed E-state index contributed by atoms with van der Waals surface area (Å²) in [4.78, 5) is 9.66. The summed E-state index contributed by atoms with van der Waals surface area (Å²) in [6.07, 6.45) is 1.50. The molecule has 1 rings (SSSR count). The minimum atomic E-state index is -0.454. The van der Waals surface area contributed by atoms with E-state index in [4.69, 9.17) is 4.74 Å². The van der Waals surface area contributed by atoms with Gasteiger partial charge in [-0.25, -0.2) is 0 Å². The van der Waals surface area contributed by atoms with Crippen LogP contribution < -0.4 is 0 Å². The number of nitrogens with zero attached hydrogens (tertiary/aromatic N) is 1. The average Bonchev–Trinajstić information content (AvgIpc) is 1.88. The molecule has 0 N–H and O–H groups in total. The van der Waals surface area contributed by atoms with E-state index in [1.807, 2.05) is 0 Å². The van der Waals surface area contributed by atoms with Crippen LogP contribution in [-0.2, 0) is 4.74 Å². The lowest BCUT2D eigenvalue weighted by atomic mass is 10.2. The predicted octanol–water partition coefficient (Wildman–Crippen LogP) is 1.08. The Morgan fingerprint density at radius 2 is 2.50 bits per heavy atom. The van der Waals surface area contributed by atoms with Crippen LogP contribution in [0.2, 0.25) is 0 Å². The van der Waals surface area contributed by atoms with Gasteiger partial charge in [0.1, 0.15) is 6.61 Å². The Labute approximate surface area is 57.9 Å². The van der Waals surface area contributed by atoms with E-state index in [0.29, 0.717) is 13.0 Å². The molecule has 0 aromatic rings. The summed E-state index contributed by atoms with van der Waals surface area (Å²) in [5.41, 5.74) is 0.824. The van der Waals surface area contributed by atoms with Crippen molar-refractivity contribution in [3.63, 3.8) is 0 Å². The fourth-order valence-corrected chi connectivity index (χ4v) is 0.712. The van der Waals surface area contributed by atoms with Gasteiger partial charge in [0.25, 0.3) is 5.70 Å². The van der Waals surface area contributed by atoms with Crippen molar-refractivity contribution in [3.8, 4) is 0 Å². The lowest BCUT2D eigenvalue weighted by molar-refractivity contribution is -0.429. The van der Waals surface area contributed by atoms with Crippen molar-refractivity contribution in [2.24, 2.45) is 0 Å². The molecule has 1 aliphatic rings. The van der Waals surface area contributed by atoms with E-state index >= 15 is 0 Å². The summed E-state index contributed by atoms with van der Waals surface area (Å²) >= 11 is 0. The fourth-order valence-electron chi connectivity index (χ4n) is 0.712. The Balaban J connectivity index is 2.69. The SMILES string of the molecule is C=C1COC=C([N+](=O)[O-])C1. The maximum absolute atomic E-state index is 10.1. The fraction of sp³-hybridized carbons (Fsp3) is 0.333. The highest BCUT2D eigenvalue weighted by molar-refractivity contribution is 5.09. The monoisotopic (exact) mass is 141 g/mol. The van der Waals surface area contributed by atoms with Gasteiger partial charge in [-0.15, -0.1) is 0 Å². The van der Waals surface area contributed by atoms with Crippen LogP contribution in [0, 0.1) is 10.1 Å². The van der Waals surface area contributed by atoms with Crippen LogP contribution >= 0.6 is 0 Å². The molecule has 0 aliphatic carbocycles. The second kappa shape index (κ2) is 2.51. The van der Waals surface area contributed by atoms with Crippen molar-refractivity contribution in [1.82, 2.24) is 0 Å². The molecule has 54 valence electrons. The molecule has 1 aliphatic heterocycles. The van der Waals surface area contributed by atoms with Gasteiger partial charge in [-0.1, -0.05) is 6.58 Å². The molecule has 0 aromatic heterocycles. The Bertz CT molecular complexity index is 207. The number of hydrogen-bond acceptors (Lipinski definition) is 3. The van der Waals surface area contributed by atoms with Crippen molar-refractivity contribution in [2.45, 2.75) is 6.42 Å². The summed E-state index contributed by atoms with van der Waals surface area (Å²) < 4.78 is 4.75. The van der Waals surface area contributed by atoms with E-state index < -0.39 is 4.92 Å². The molecular weight excluding hydrogens is 134 g/mol. The zero-order valence-corrected chi connectivity index (χ0v) is 5.37. The van der Waals surface area contributed by atoms with Gasteiger partial charge in [-0.2, -0.15) is 0 Å². The third-order valence-corrected chi connectivity index (χ3v) is 1.17. The molecule has 0 saturated heterocycles. The van der Waals surface area contributed by atoms with Gasteiger partial charge >= 0.3 is 0 Å². The van der Waals surface area contributed by atoms with E-state index in [2.05, 4.69) is 6.58 Å². The van der Waals surface area contributed by atoms with Crippen molar-refractivity contribution in [3.05, 3.63) is 34.2 Å². The maximum Gasteiger partial charge on any atom is 0.284 e. The molecule has 0 saturated carbocycles. The van der Waals surface area contributed by atoms with E-state index in [0.717, 1.165) is 5.57 Å². The predicted molar refractivity (Wildman–Crippen MR) is 34.8 cm³/mol. The molecule has 4 nitrogen and oxygen atoms in total. The highest BCUT2D eigenvalue weighted by Gasteiger charge is 2.16. The minimum absolute atomic E-state index is 0.0799. The zero-order chi connectivity index (χ0) is 7.56. The van der Waals surface area contributed by atoms with Gasteiger partial charge in [0, 0.05) is 0 Å². The summed E-state index contributed by atoms with van der Waals surface area (Å²) in [6, 6.07) is 0. The molecule has 0 amide bonds. The van der Waals surface area contributed by atoms with E-state index in [9.17, 15) is 10.1 Å². The first kappa shape index (κ1) is 6.80. The molecule has 0 bridgehead atoms. The van der Waals surface area contributed by atoms with Gasteiger partial charge < -0.3 is 4.74 Å². The van der Waals surface area contributed by atoms with E-state index in [1.54, 1.807) is 0 Å². The van der Waals surface area contributed by atoms with Crippen LogP contribution in [0.4, 0.5) is 0 Å². The number of rotatable bonds is 1. The van der Waals surface area contributed by atoms with E-state index in [-0.39, 0.29) is 5.70 Å². The highest BCUT2D eigenvalue weighted by atomic mass is 16.6. The van der Waals surface area contributed by atoms with E-state index in [1.165, 1.54) is 6.26 Å². The lowest BCUT2D eigenvalue weighted by Gasteiger charge is -2.08. The van der Waals surface area contributed by atoms with Crippen molar-refractivity contribution < 1.29 is 9.66 Å². The molecule has 10 heavy (non-hydrogen) atoms. The van der Waals surface area contributed by atoms with Crippen LogP contribution in [0.15, 0.2) is 24.1 Å². The first-order chi connectivity index (χ1) is 4.70. The van der Waals surface area contributed by atoms with Crippen LogP contribution in [0.3, 0.4) is 0 Å². The Morgan fingerprint density at radius 1 is 1.80 bits per heavy atom. The number of hydrogen-bond donors (Lipinski definition) is 0. The highest BCUT2D eigenvalue weighted by Crippen LogP contribution is 2.15. The average molecular weight is 141 g/mol. The third-order valence-electron chi connectivity index (χ3n) is 1.17. The van der Waals surface area contributed by atoms with Crippen LogP contribution in [-0.4, -0.2) is 11.5 Å². The van der Waals surface area contributed by atoms with Crippen LogP contribution in [0.25, 0.3) is 0 Å². The number of allylic oxidation sites excluding steroid dienone is 1. The first-order valence-corrected chi connectivity index (χ1v) is 2.82. The largest absolute Gasteiger partial charge is 0.490 e. The lowest BCUT2D eigenvalue weighted by Crippen LogP contribution is -2.08. The normalized spacial score (nSPS) is 17.6.